The minimum Gasteiger partial charge on any atom is -0.329 e. The van der Waals surface area contributed by atoms with Gasteiger partial charge in [0.2, 0.25) is 0 Å². The highest BCUT2D eigenvalue weighted by Gasteiger charge is 2.43. The maximum Gasteiger partial charge on any atom is 0.405 e. The molecule has 0 bridgehead atoms. The van der Waals surface area contributed by atoms with Crippen LogP contribution in [0.2, 0.25) is 0 Å². The lowest BCUT2D eigenvalue weighted by Gasteiger charge is -2.37. The predicted octanol–water partition coefficient (Wildman–Crippen LogP) is 1.70. The highest BCUT2D eigenvalue weighted by molar-refractivity contribution is 8.00. The van der Waals surface area contributed by atoms with E-state index in [1.807, 2.05) is 6.92 Å². The standard InChI is InChI=1S/C9H17F3N2S/c1-2-7-6-14(3-4-15-7)8(5-13)9(10,11)12/h7-8H,2-6,13H2,1H3. The van der Waals surface area contributed by atoms with Gasteiger partial charge in [-0.15, -0.1) is 0 Å². The van der Waals surface area contributed by atoms with E-state index in [9.17, 15) is 13.2 Å². The molecule has 1 rings (SSSR count). The Hall–Kier alpha value is 0.0600. The molecule has 0 aromatic heterocycles. The Morgan fingerprint density at radius 1 is 1.53 bits per heavy atom. The first-order valence-corrected chi connectivity index (χ1v) is 6.16. The summed E-state index contributed by atoms with van der Waals surface area (Å²) in [7, 11) is 0. The molecule has 2 nitrogen and oxygen atoms in total. The molecule has 0 saturated carbocycles. The quantitative estimate of drug-likeness (QED) is 0.817. The van der Waals surface area contributed by atoms with Crippen molar-refractivity contribution in [3.63, 3.8) is 0 Å². The molecule has 90 valence electrons. The van der Waals surface area contributed by atoms with Gasteiger partial charge in [0.15, 0.2) is 0 Å². The second-order valence-corrected chi connectivity index (χ2v) is 5.10. The van der Waals surface area contributed by atoms with E-state index >= 15 is 0 Å². The van der Waals surface area contributed by atoms with Crippen LogP contribution < -0.4 is 5.73 Å². The molecule has 6 heteroatoms. The molecular formula is C9H17F3N2S. The van der Waals surface area contributed by atoms with Crippen LogP contribution in [0.15, 0.2) is 0 Å². The fraction of sp³-hybridized carbons (Fsp3) is 1.00. The molecular weight excluding hydrogens is 225 g/mol. The van der Waals surface area contributed by atoms with Crippen LogP contribution in [0.1, 0.15) is 13.3 Å². The van der Waals surface area contributed by atoms with Gasteiger partial charge in [0.25, 0.3) is 0 Å². The highest BCUT2D eigenvalue weighted by Crippen LogP contribution is 2.29. The van der Waals surface area contributed by atoms with Gasteiger partial charge >= 0.3 is 6.18 Å². The van der Waals surface area contributed by atoms with Crippen LogP contribution >= 0.6 is 11.8 Å². The number of nitrogens with two attached hydrogens (primary N) is 1. The zero-order chi connectivity index (χ0) is 11.5. The first-order valence-electron chi connectivity index (χ1n) is 5.11. The lowest BCUT2D eigenvalue weighted by molar-refractivity contribution is -0.180. The number of hydrogen-bond acceptors (Lipinski definition) is 3. The average molecular weight is 242 g/mol. The van der Waals surface area contributed by atoms with Crippen LogP contribution in [0.3, 0.4) is 0 Å². The van der Waals surface area contributed by atoms with E-state index in [0.717, 1.165) is 12.2 Å². The van der Waals surface area contributed by atoms with Crippen molar-refractivity contribution in [1.82, 2.24) is 4.90 Å². The molecule has 0 amide bonds. The van der Waals surface area contributed by atoms with Gasteiger partial charge in [0.05, 0.1) is 0 Å². The van der Waals surface area contributed by atoms with Crippen molar-refractivity contribution >= 4 is 11.8 Å². The number of thioether (sulfide) groups is 1. The number of halogens is 3. The van der Waals surface area contributed by atoms with E-state index < -0.39 is 12.2 Å². The molecule has 2 atom stereocenters. The fourth-order valence-electron chi connectivity index (χ4n) is 1.76. The number of hydrogen-bond donors (Lipinski definition) is 1. The maximum absolute atomic E-state index is 12.6. The summed E-state index contributed by atoms with van der Waals surface area (Å²) < 4.78 is 37.8. The Morgan fingerprint density at radius 2 is 2.20 bits per heavy atom. The van der Waals surface area contributed by atoms with Crippen molar-refractivity contribution < 1.29 is 13.2 Å². The van der Waals surface area contributed by atoms with Crippen molar-refractivity contribution in [2.24, 2.45) is 5.73 Å². The maximum atomic E-state index is 12.6. The van der Waals surface area contributed by atoms with Crippen LogP contribution in [-0.4, -0.2) is 47.8 Å². The van der Waals surface area contributed by atoms with E-state index in [1.54, 1.807) is 11.8 Å². The second kappa shape index (κ2) is 5.41. The molecule has 15 heavy (non-hydrogen) atoms. The Kier molecular flexibility index (Phi) is 4.73. The topological polar surface area (TPSA) is 29.3 Å². The third kappa shape index (κ3) is 3.53. The van der Waals surface area contributed by atoms with Crippen molar-refractivity contribution in [1.29, 1.82) is 0 Å². The number of rotatable bonds is 3. The van der Waals surface area contributed by atoms with Gasteiger partial charge in [-0.05, 0) is 6.42 Å². The van der Waals surface area contributed by atoms with Gasteiger partial charge < -0.3 is 5.73 Å². The zero-order valence-corrected chi connectivity index (χ0v) is 9.57. The first kappa shape index (κ1) is 13.1. The van der Waals surface area contributed by atoms with E-state index in [-0.39, 0.29) is 6.54 Å². The Balaban J connectivity index is 2.60. The summed E-state index contributed by atoms with van der Waals surface area (Å²) in [5.41, 5.74) is 5.21. The molecule has 2 unspecified atom stereocenters. The number of alkyl halides is 3. The molecule has 0 aliphatic carbocycles. The highest BCUT2D eigenvalue weighted by atomic mass is 32.2. The molecule has 0 aromatic rings. The molecule has 1 fully saturated rings. The van der Waals surface area contributed by atoms with Crippen molar-refractivity contribution in [3.05, 3.63) is 0 Å². The van der Waals surface area contributed by atoms with Crippen molar-refractivity contribution in [2.45, 2.75) is 30.8 Å². The minimum absolute atomic E-state index is 0.315. The summed E-state index contributed by atoms with van der Waals surface area (Å²) in [5, 5.41) is 0.315. The SMILES string of the molecule is CCC1CN(C(CN)C(F)(F)F)CCS1. The molecule has 1 aliphatic heterocycles. The Labute approximate surface area is 92.4 Å². The predicted molar refractivity (Wildman–Crippen MR) is 57.0 cm³/mol. The largest absolute Gasteiger partial charge is 0.405 e. The van der Waals surface area contributed by atoms with Crippen molar-refractivity contribution in [3.8, 4) is 0 Å². The van der Waals surface area contributed by atoms with E-state index in [2.05, 4.69) is 0 Å². The van der Waals surface area contributed by atoms with E-state index in [0.29, 0.717) is 18.3 Å². The van der Waals surface area contributed by atoms with Crippen LogP contribution in [0.25, 0.3) is 0 Å². The third-order valence-electron chi connectivity index (χ3n) is 2.67. The fourth-order valence-corrected chi connectivity index (χ4v) is 2.97. The lowest BCUT2D eigenvalue weighted by Crippen LogP contribution is -2.54. The van der Waals surface area contributed by atoms with E-state index in [4.69, 9.17) is 5.73 Å². The summed E-state index contributed by atoms with van der Waals surface area (Å²) in [6, 6.07) is -1.47. The zero-order valence-electron chi connectivity index (χ0n) is 8.76. The summed E-state index contributed by atoms with van der Waals surface area (Å²) >= 11 is 1.76. The third-order valence-corrected chi connectivity index (χ3v) is 4.04. The van der Waals surface area contributed by atoms with Gasteiger partial charge in [0.1, 0.15) is 6.04 Å². The Morgan fingerprint density at radius 3 is 2.67 bits per heavy atom. The van der Waals surface area contributed by atoms with Crippen LogP contribution in [-0.2, 0) is 0 Å². The van der Waals surface area contributed by atoms with Crippen LogP contribution in [0, 0.1) is 0 Å². The first-order chi connectivity index (χ1) is 6.99. The van der Waals surface area contributed by atoms with Crippen LogP contribution in [0.5, 0.6) is 0 Å². The Bertz CT molecular complexity index is 198. The van der Waals surface area contributed by atoms with Gasteiger partial charge in [-0.2, -0.15) is 24.9 Å². The second-order valence-electron chi connectivity index (χ2n) is 3.69. The van der Waals surface area contributed by atoms with Gasteiger partial charge in [0, 0.05) is 30.6 Å². The molecule has 0 aromatic carbocycles. The van der Waals surface area contributed by atoms with Gasteiger partial charge in [-0.1, -0.05) is 6.92 Å². The normalized spacial score (nSPS) is 26.6. The van der Waals surface area contributed by atoms with Gasteiger partial charge in [-0.25, -0.2) is 0 Å². The van der Waals surface area contributed by atoms with Crippen LogP contribution in [0.4, 0.5) is 13.2 Å². The molecule has 0 radical (unpaired) electrons. The molecule has 1 saturated heterocycles. The monoisotopic (exact) mass is 242 g/mol. The molecule has 1 aliphatic rings. The molecule has 0 spiro atoms. The summed E-state index contributed by atoms with van der Waals surface area (Å²) in [6.07, 6.45) is -3.29. The summed E-state index contributed by atoms with van der Waals surface area (Å²) in [6.45, 7) is 2.65. The average Bonchev–Trinajstić information content (AvgIpc) is 2.17. The summed E-state index contributed by atoms with van der Waals surface area (Å²) in [4.78, 5) is 1.48. The van der Waals surface area contributed by atoms with Gasteiger partial charge in [-0.3, -0.25) is 4.90 Å². The van der Waals surface area contributed by atoms with Crippen molar-refractivity contribution in [2.75, 3.05) is 25.4 Å². The minimum atomic E-state index is -4.20. The van der Waals surface area contributed by atoms with E-state index in [1.165, 1.54) is 4.90 Å². The molecule has 1 heterocycles. The smallest absolute Gasteiger partial charge is 0.329 e. The molecule has 2 N–H and O–H groups in total. The lowest BCUT2D eigenvalue weighted by atomic mass is 10.2. The summed E-state index contributed by atoms with van der Waals surface area (Å²) in [5.74, 6) is 0.769. The number of nitrogens with zero attached hydrogens (tertiary/aromatic N) is 1.